The van der Waals surface area contributed by atoms with Crippen LogP contribution in [0.5, 0.6) is 17.2 Å². The van der Waals surface area contributed by atoms with Crippen LogP contribution in [0.25, 0.3) is 0 Å². The van der Waals surface area contributed by atoms with Gasteiger partial charge in [0.2, 0.25) is 0 Å². The van der Waals surface area contributed by atoms with Crippen LogP contribution in [0, 0.1) is 0 Å². The van der Waals surface area contributed by atoms with E-state index in [1.165, 1.54) is 0 Å². The molecule has 0 aliphatic carbocycles. The molecule has 1 aromatic rings. The molecule has 1 aliphatic rings. The number of amides is 1. The smallest absolute Gasteiger partial charge is 0.408 e. The maximum Gasteiger partial charge on any atom is 0.408 e. The molecule has 1 atom stereocenters. The number of ether oxygens (including phenoxy) is 1. The predicted octanol–water partition coefficient (Wildman–Crippen LogP) is 1.64. The summed E-state index contributed by atoms with van der Waals surface area (Å²) in [4.78, 5) is 10.9. The average molecular weight is 298 g/mol. The Morgan fingerprint density at radius 2 is 1.79 bits per heavy atom. The third-order valence-corrected chi connectivity index (χ3v) is 2.49. The molecule has 9 heteroatoms. The van der Waals surface area contributed by atoms with Crippen LogP contribution < -0.4 is 5.32 Å². The SMILES string of the molecule is Cl.O=C1N[C@H](c2c(O)cc(O)cc2O)C(F)(F)CO1. The molecular weight excluding hydrogens is 288 g/mol. The molecule has 4 N–H and O–H groups in total. The summed E-state index contributed by atoms with van der Waals surface area (Å²) < 4.78 is 31.3. The van der Waals surface area contributed by atoms with E-state index in [4.69, 9.17) is 5.11 Å². The van der Waals surface area contributed by atoms with E-state index in [0.717, 1.165) is 12.1 Å². The van der Waals surface area contributed by atoms with Gasteiger partial charge < -0.3 is 25.4 Å². The lowest BCUT2D eigenvalue weighted by Crippen LogP contribution is -2.49. The van der Waals surface area contributed by atoms with Crippen molar-refractivity contribution in [2.75, 3.05) is 6.61 Å². The first-order valence-electron chi connectivity index (χ1n) is 4.87. The summed E-state index contributed by atoms with van der Waals surface area (Å²) in [7, 11) is 0. The number of rotatable bonds is 1. The fraction of sp³-hybridized carbons (Fsp3) is 0.300. The summed E-state index contributed by atoms with van der Waals surface area (Å²) in [5.41, 5.74) is -0.575. The van der Waals surface area contributed by atoms with Crippen LogP contribution in [0.3, 0.4) is 0 Å². The van der Waals surface area contributed by atoms with E-state index >= 15 is 0 Å². The topological polar surface area (TPSA) is 99.0 Å². The molecule has 1 heterocycles. The van der Waals surface area contributed by atoms with Crippen LogP contribution >= 0.6 is 12.4 Å². The number of aromatic hydroxyl groups is 3. The number of cyclic esters (lactones) is 1. The van der Waals surface area contributed by atoms with Crippen molar-refractivity contribution in [1.29, 1.82) is 0 Å². The molecule has 1 saturated heterocycles. The maximum absolute atomic E-state index is 13.6. The third-order valence-electron chi connectivity index (χ3n) is 2.49. The minimum atomic E-state index is -3.50. The second kappa shape index (κ2) is 4.96. The summed E-state index contributed by atoms with van der Waals surface area (Å²) >= 11 is 0. The highest BCUT2D eigenvalue weighted by Gasteiger charge is 2.49. The highest BCUT2D eigenvalue weighted by atomic mass is 35.5. The lowest BCUT2D eigenvalue weighted by Gasteiger charge is -2.32. The van der Waals surface area contributed by atoms with Gasteiger partial charge in [-0.3, -0.25) is 0 Å². The van der Waals surface area contributed by atoms with Crippen molar-refractivity contribution in [3.63, 3.8) is 0 Å². The molecule has 1 aromatic carbocycles. The third kappa shape index (κ3) is 2.73. The number of phenols is 3. The normalized spacial score (nSPS) is 20.9. The molecule has 6 nitrogen and oxygen atoms in total. The first kappa shape index (κ1) is 15.1. The van der Waals surface area contributed by atoms with Gasteiger partial charge in [-0.1, -0.05) is 0 Å². The fourth-order valence-electron chi connectivity index (χ4n) is 1.70. The maximum atomic E-state index is 13.6. The van der Waals surface area contributed by atoms with Crippen molar-refractivity contribution in [2.45, 2.75) is 12.0 Å². The molecule has 0 unspecified atom stereocenters. The molecule has 106 valence electrons. The molecule has 0 spiro atoms. The number of alkyl halides is 2. The Hall–Kier alpha value is -1.96. The zero-order valence-corrected chi connectivity index (χ0v) is 10.1. The second-order valence-electron chi connectivity index (χ2n) is 3.81. The van der Waals surface area contributed by atoms with Gasteiger partial charge in [0.25, 0.3) is 0 Å². The number of nitrogens with one attached hydrogen (secondary N) is 1. The zero-order valence-electron chi connectivity index (χ0n) is 9.26. The summed E-state index contributed by atoms with van der Waals surface area (Å²) in [5.74, 6) is -5.49. The number of alkyl carbamates (subject to hydrolysis) is 1. The van der Waals surface area contributed by atoms with Crippen LogP contribution in [-0.4, -0.2) is 33.9 Å². The number of benzene rings is 1. The minimum absolute atomic E-state index is 0. The molecule has 19 heavy (non-hydrogen) atoms. The van der Waals surface area contributed by atoms with Gasteiger partial charge in [-0.15, -0.1) is 12.4 Å². The van der Waals surface area contributed by atoms with Gasteiger partial charge in [-0.25, -0.2) is 13.6 Å². The first-order valence-corrected chi connectivity index (χ1v) is 4.87. The van der Waals surface area contributed by atoms with E-state index < -0.39 is 47.5 Å². The summed E-state index contributed by atoms with van der Waals surface area (Å²) in [6.07, 6.45) is -1.09. The Kier molecular flexibility index (Phi) is 3.94. The van der Waals surface area contributed by atoms with Crippen LogP contribution in [-0.2, 0) is 4.74 Å². The number of phenolic OH excluding ortho intramolecular Hbond substituents is 3. The molecule has 1 amide bonds. The Morgan fingerprint density at radius 3 is 2.32 bits per heavy atom. The largest absolute Gasteiger partial charge is 0.508 e. The Bertz CT molecular complexity index is 488. The molecule has 0 radical (unpaired) electrons. The fourth-order valence-corrected chi connectivity index (χ4v) is 1.70. The van der Waals surface area contributed by atoms with Gasteiger partial charge in [0, 0.05) is 12.1 Å². The number of carbonyl (C=O) groups excluding carboxylic acids is 1. The second-order valence-corrected chi connectivity index (χ2v) is 3.81. The number of carbonyl (C=O) groups is 1. The predicted molar refractivity (Wildman–Crippen MR) is 60.9 cm³/mol. The quantitative estimate of drug-likeness (QED) is 0.631. The molecule has 1 fully saturated rings. The van der Waals surface area contributed by atoms with E-state index in [2.05, 4.69) is 4.74 Å². The lowest BCUT2D eigenvalue weighted by molar-refractivity contribution is -0.105. The number of hydrogen-bond acceptors (Lipinski definition) is 5. The molecule has 0 saturated carbocycles. The van der Waals surface area contributed by atoms with Crippen LogP contribution in [0.1, 0.15) is 11.6 Å². The van der Waals surface area contributed by atoms with Crippen molar-refractivity contribution < 1.29 is 33.6 Å². The van der Waals surface area contributed by atoms with Gasteiger partial charge in [-0.2, -0.15) is 0 Å². The standard InChI is InChI=1S/C10H9F2NO5.ClH/c11-10(12)3-18-9(17)13-8(10)7-5(15)1-4(14)2-6(7)16;/h1-2,8,14-16H,3H2,(H,13,17);1H/t8-;/m1./s1. The summed E-state index contributed by atoms with van der Waals surface area (Å²) in [6.45, 7) is -1.16. The van der Waals surface area contributed by atoms with Gasteiger partial charge >= 0.3 is 12.0 Å². The summed E-state index contributed by atoms with van der Waals surface area (Å²) in [6, 6.07) is -0.362. The molecule has 0 aromatic heterocycles. The van der Waals surface area contributed by atoms with Crippen molar-refractivity contribution in [2.24, 2.45) is 0 Å². The van der Waals surface area contributed by atoms with Crippen LogP contribution in [0.4, 0.5) is 13.6 Å². The van der Waals surface area contributed by atoms with E-state index in [-0.39, 0.29) is 12.4 Å². The first-order chi connectivity index (χ1) is 8.31. The molecule has 0 bridgehead atoms. The highest BCUT2D eigenvalue weighted by molar-refractivity contribution is 5.85. The average Bonchev–Trinajstić information content (AvgIpc) is 2.22. The van der Waals surface area contributed by atoms with Crippen molar-refractivity contribution in [3.05, 3.63) is 17.7 Å². The van der Waals surface area contributed by atoms with E-state index in [9.17, 15) is 23.8 Å². The Balaban J connectivity index is 0.00000180. The van der Waals surface area contributed by atoms with Crippen molar-refractivity contribution >= 4 is 18.5 Å². The van der Waals surface area contributed by atoms with Gasteiger partial charge in [0.05, 0.1) is 5.56 Å². The molecule has 1 aliphatic heterocycles. The highest BCUT2D eigenvalue weighted by Crippen LogP contribution is 2.44. The summed E-state index contributed by atoms with van der Waals surface area (Å²) in [5, 5.41) is 29.9. The minimum Gasteiger partial charge on any atom is -0.508 e. The van der Waals surface area contributed by atoms with Crippen molar-refractivity contribution in [3.8, 4) is 17.2 Å². The Morgan fingerprint density at radius 1 is 1.26 bits per heavy atom. The van der Waals surface area contributed by atoms with E-state index in [1.807, 2.05) is 5.32 Å². The van der Waals surface area contributed by atoms with Gasteiger partial charge in [0.1, 0.15) is 23.3 Å². The van der Waals surface area contributed by atoms with E-state index in [1.54, 1.807) is 0 Å². The molecular formula is C10H10ClF2NO5. The number of hydrogen-bond donors (Lipinski definition) is 4. The van der Waals surface area contributed by atoms with Gasteiger partial charge in [0.15, 0.2) is 6.61 Å². The van der Waals surface area contributed by atoms with Gasteiger partial charge in [-0.05, 0) is 0 Å². The number of halogens is 3. The Labute approximate surface area is 112 Å². The van der Waals surface area contributed by atoms with Crippen molar-refractivity contribution in [1.82, 2.24) is 5.32 Å². The zero-order chi connectivity index (χ0) is 13.5. The molecule has 2 rings (SSSR count). The van der Waals surface area contributed by atoms with E-state index in [0.29, 0.717) is 0 Å². The van der Waals surface area contributed by atoms with Crippen LogP contribution in [0.15, 0.2) is 12.1 Å². The van der Waals surface area contributed by atoms with Crippen LogP contribution in [0.2, 0.25) is 0 Å². The lowest BCUT2D eigenvalue weighted by atomic mass is 9.98. The monoisotopic (exact) mass is 297 g/mol.